The molecule has 0 aliphatic carbocycles. The molecule has 1 heterocycles. The molecule has 0 saturated carbocycles. The number of hydrogen-bond acceptors (Lipinski definition) is 4. The van der Waals surface area contributed by atoms with Gasteiger partial charge in [-0.3, -0.25) is 4.79 Å². The Kier molecular flexibility index (Phi) is 3.76. The molecule has 1 aliphatic heterocycles. The minimum atomic E-state index is -3.19. The van der Waals surface area contributed by atoms with E-state index < -0.39 is 33.4 Å². The van der Waals surface area contributed by atoms with Crippen molar-refractivity contribution in [1.82, 2.24) is 0 Å². The molecule has 20 heavy (non-hydrogen) atoms. The average Bonchev–Trinajstić information content (AvgIpc) is 2.72. The van der Waals surface area contributed by atoms with Gasteiger partial charge in [0.05, 0.1) is 28.7 Å². The van der Waals surface area contributed by atoms with Gasteiger partial charge in [-0.25, -0.2) is 17.6 Å². The molecule has 0 aromatic heterocycles. The summed E-state index contributed by atoms with van der Waals surface area (Å²) in [5.41, 5.74) is -0.395. The number of amides is 1. The fourth-order valence-electron chi connectivity index (χ4n) is 1.99. The summed E-state index contributed by atoms with van der Waals surface area (Å²) in [7, 11) is -3.19. The summed E-state index contributed by atoms with van der Waals surface area (Å²) < 4.78 is 36.1. The van der Waals surface area contributed by atoms with Crippen LogP contribution < -0.4 is 5.32 Å². The van der Waals surface area contributed by atoms with Crippen molar-refractivity contribution in [2.24, 2.45) is 5.92 Å². The van der Waals surface area contributed by atoms with E-state index in [9.17, 15) is 22.4 Å². The van der Waals surface area contributed by atoms with Gasteiger partial charge in [0.15, 0.2) is 9.84 Å². The number of aromatic carboxylic acids is 1. The Bertz CT molecular complexity index is 670. The van der Waals surface area contributed by atoms with Crippen molar-refractivity contribution in [2.75, 3.05) is 16.8 Å². The van der Waals surface area contributed by atoms with E-state index in [1.165, 1.54) is 0 Å². The van der Waals surface area contributed by atoms with E-state index in [1.54, 1.807) is 0 Å². The number of anilines is 1. The molecule has 1 aliphatic rings. The van der Waals surface area contributed by atoms with E-state index in [0.29, 0.717) is 0 Å². The topological polar surface area (TPSA) is 101 Å². The maximum atomic E-state index is 13.6. The summed E-state index contributed by atoms with van der Waals surface area (Å²) in [5.74, 6) is -3.71. The lowest BCUT2D eigenvalue weighted by Crippen LogP contribution is -2.24. The molecule has 1 aromatic carbocycles. The first kappa shape index (κ1) is 14.4. The molecule has 108 valence electrons. The molecule has 8 heteroatoms. The van der Waals surface area contributed by atoms with E-state index in [2.05, 4.69) is 5.32 Å². The van der Waals surface area contributed by atoms with Gasteiger partial charge in [-0.2, -0.15) is 0 Å². The van der Waals surface area contributed by atoms with Crippen molar-refractivity contribution < 1.29 is 27.5 Å². The van der Waals surface area contributed by atoms with Gasteiger partial charge in [0.1, 0.15) is 5.82 Å². The van der Waals surface area contributed by atoms with Crippen molar-refractivity contribution >= 4 is 27.4 Å². The SMILES string of the molecule is O=C(O)c1ccc(NC(=O)C2CCS(=O)(=O)C2)c(F)c1. The van der Waals surface area contributed by atoms with Gasteiger partial charge in [-0.1, -0.05) is 0 Å². The van der Waals surface area contributed by atoms with Crippen molar-refractivity contribution in [3.05, 3.63) is 29.6 Å². The Morgan fingerprint density at radius 3 is 2.55 bits per heavy atom. The molecule has 1 unspecified atom stereocenters. The van der Waals surface area contributed by atoms with Crippen molar-refractivity contribution in [1.29, 1.82) is 0 Å². The zero-order valence-electron chi connectivity index (χ0n) is 10.3. The summed E-state index contributed by atoms with van der Waals surface area (Å²) >= 11 is 0. The van der Waals surface area contributed by atoms with E-state index >= 15 is 0 Å². The van der Waals surface area contributed by atoms with Crippen LogP contribution in [0.5, 0.6) is 0 Å². The summed E-state index contributed by atoms with van der Waals surface area (Å²) in [6, 6.07) is 3.09. The number of halogens is 1. The number of sulfone groups is 1. The zero-order valence-corrected chi connectivity index (χ0v) is 11.1. The number of benzene rings is 1. The van der Waals surface area contributed by atoms with Crippen LogP contribution in [-0.4, -0.2) is 36.9 Å². The van der Waals surface area contributed by atoms with Crippen molar-refractivity contribution in [3.8, 4) is 0 Å². The molecule has 0 radical (unpaired) electrons. The molecule has 0 bridgehead atoms. The van der Waals surface area contributed by atoms with Gasteiger partial charge >= 0.3 is 5.97 Å². The van der Waals surface area contributed by atoms with Gasteiger partial charge in [-0.15, -0.1) is 0 Å². The molecule has 1 atom stereocenters. The summed E-state index contributed by atoms with van der Waals surface area (Å²) in [5, 5.41) is 11.0. The van der Waals surface area contributed by atoms with Gasteiger partial charge < -0.3 is 10.4 Å². The molecule has 0 spiro atoms. The third-order valence-corrected chi connectivity index (χ3v) is 4.85. The maximum absolute atomic E-state index is 13.6. The summed E-state index contributed by atoms with van der Waals surface area (Å²) in [4.78, 5) is 22.5. The number of carboxylic acid groups (broad SMARTS) is 1. The Labute approximate surface area is 114 Å². The lowest BCUT2D eigenvalue weighted by Gasteiger charge is -2.10. The fraction of sp³-hybridized carbons (Fsp3) is 0.333. The zero-order chi connectivity index (χ0) is 14.9. The number of carbonyl (C=O) groups is 2. The fourth-order valence-corrected chi connectivity index (χ4v) is 3.73. The second-order valence-corrected chi connectivity index (χ2v) is 6.82. The van der Waals surface area contributed by atoms with Crippen LogP contribution in [0, 0.1) is 11.7 Å². The molecular weight excluding hydrogens is 289 g/mol. The molecule has 1 fully saturated rings. The molecule has 2 N–H and O–H groups in total. The molecule has 2 rings (SSSR count). The second kappa shape index (κ2) is 5.20. The number of carbonyl (C=O) groups excluding carboxylic acids is 1. The molecule has 1 aromatic rings. The molecular formula is C12H12FNO5S. The molecule has 6 nitrogen and oxygen atoms in total. The monoisotopic (exact) mass is 301 g/mol. The van der Waals surface area contributed by atoms with E-state index in [-0.39, 0.29) is 29.2 Å². The van der Waals surface area contributed by atoms with Crippen LogP contribution in [0.3, 0.4) is 0 Å². The largest absolute Gasteiger partial charge is 0.478 e. The first-order valence-electron chi connectivity index (χ1n) is 5.82. The van der Waals surface area contributed by atoms with Crippen LogP contribution in [0.1, 0.15) is 16.8 Å². The molecule has 1 saturated heterocycles. The predicted molar refractivity (Wildman–Crippen MR) is 68.7 cm³/mol. The third-order valence-electron chi connectivity index (χ3n) is 3.08. The number of hydrogen-bond donors (Lipinski definition) is 2. The number of rotatable bonds is 3. The smallest absolute Gasteiger partial charge is 0.335 e. The van der Waals surface area contributed by atoms with E-state index in [0.717, 1.165) is 18.2 Å². The maximum Gasteiger partial charge on any atom is 0.335 e. The van der Waals surface area contributed by atoms with Crippen LogP contribution >= 0.6 is 0 Å². The van der Waals surface area contributed by atoms with Crippen LogP contribution in [0.25, 0.3) is 0 Å². The van der Waals surface area contributed by atoms with Crippen molar-refractivity contribution in [3.63, 3.8) is 0 Å². The highest BCUT2D eigenvalue weighted by Crippen LogP contribution is 2.22. The van der Waals surface area contributed by atoms with Gasteiger partial charge in [-0.05, 0) is 24.6 Å². The lowest BCUT2D eigenvalue weighted by atomic mass is 10.1. The van der Waals surface area contributed by atoms with Gasteiger partial charge in [0.25, 0.3) is 0 Å². The quantitative estimate of drug-likeness (QED) is 0.863. The minimum Gasteiger partial charge on any atom is -0.478 e. The average molecular weight is 301 g/mol. The van der Waals surface area contributed by atoms with E-state index in [1.807, 2.05) is 0 Å². The second-order valence-electron chi connectivity index (χ2n) is 4.59. The third kappa shape index (κ3) is 3.13. The Hall–Kier alpha value is -1.96. The summed E-state index contributed by atoms with van der Waals surface area (Å²) in [6.07, 6.45) is 0.211. The highest BCUT2D eigenvalue weighted by Gasteiger charge is 2.33. The van der Waals surface area contributed by atoms with Crippen LogP contribution in [-0.2, 0) is 14.6 Å². The number of carboxylic acids is 1. The Morgan fingerprint density at radius 2 is 2.05 bits per heavy atom. The van der Waals surface area contributed by atoms with Crippen LogP contribution in [0.2, 0.25) is 0 Å². The Morgan fingerprint density at radius 1 is 1.35 bits per heavy atom. The van der Waals surface area contributed by atoms with E-state index in [4.69, 9.17) is 5.11 Å². The first-order valence-corrected chi connectivity index (χ1v) is 7.65. The highest BCUT2D eigenvalue weighted by molar-refractivity contribution is 7.91. The lowest BCUT2D eigenvalue weighted by molar-refractivity contribution is -0.119. The minimum absolute atomic E-state index is 0.0501. The first-order chi connectivity index (χ1) is 9.28. The number of nitrogens with one attached hydrogen (secondary N) is 1. The highest BCUT2D eigenvalue weighted by atomic mass is 32.2. The van der Waals surface area contributed by atoms with Gasteiger partial charge in [0, 0.05) is 0 Å². The van der Waals surface area contributed by atoms with Crippen LogP contribution in [0.4, 0.5) is 10.1 Å². The Balaban J connectivity index is 2.11. The predicted octanol–water partition coefficient (Wildman–Crippen LogP) is 0.897. The molecule has 1 amide bonds. The standard InChI is InChI=1S/C12H12FNO5S/c13-9-5-7(12(16)17)1-2-10(9)14-11(15)8-3-4-20(18,19)6-8/h1-2,5,8H,3-4,6H2,(H,14,15)(H,16,17). The normalized spacial score (nSPS) is 20.6. The van der Waals surface area contributed by atoms with Crippen LogP contribution in [0.15, 0.2) is 18.2 Å². The van der Waals surface area contributed by atoms with Gasteiger partial charge in [0.2, 0.25) is 5.91 Å². The summed E-state index contributed by atoms with van der Waals surface area (Å²) in [6.45, 7) is 0. The van der Waals surface area contributed by atoms with Crippen molar-refractivity contribution in [2.45, 2.75) is 6.42 Å².